The van der Waals surface area contributed by atoms with Gasteiger partial charge in [-0.25, -0.2) is 14.4 Å². The van der Waals surface area contributed by atoms with Crippen LogP contribution in [-0.4, -0.2) is 47.6 Å². The first-order valence-corrected chi connectivity index (χ1v) is 8.91. The Morgan fingerprint density at radius 2 is 1.68 bits per heavy atom. The molecule has 0 bridgehead atoms. The van der Waals surface area contributed by atoms with Gasteiger partial charge in [-0.1, -0.05) is 30.3 Å². The molecule has 0 radical (unpaired) electrons. The molecule has 0 saturated heterocycles. The van der Waals surface area contributed by atoms with Crippen LogP contribution in [0.15, 0.2) is 36.4 Å². The van der Waals surface area contributed by atoms with Gasteiger partial charge in [-0.3, -0.25) is 4.68 Å². The minimum Gasteiger partial charge on any atom is -0.461 e. The zero-order chi connectivity index (χ0) is 20.4. The van der Waals surface area contributed by atoms with E-state index in [9.17, 15) is 14.4 Å². The van der Waals surface area contributed by atoms with Gasteiger partial charge in [0.15, 0.2) is 5.69 Å². The molecule has 0 aliphatic heterocycles. The Bertz CT molecular complexity index is 803. The second-order valence-electron chi connectivity index (χ2n) is 5.57. The Kier molecular flexibility index (Phi) is 8.01. The van der Waals surface area contributed by atoms with E-state index in [4.69, 9.17) is 14.2 Å². The molecule has 2 aromatic rings. The predicted molar refractivity (Wildman–Crippen MR) is 98.8 cm³/mol. The highest BCUT2D eigenvalue weighted by atomic mass is 16.5. The molecule has 0 aliphatic carbocycles. The molecule has 2 rings (SSSR count). The van der Waals surface area contributed by atoms with E-state index in [1.807, 2.05) is 30.3 Å². The molecule has 28 heavy (non-hydrogen) atoms. The van der Waals surface area contributed by atoms with Crippen LogP contribution in [0, 0.1) is 0 Å². The van der Waals surface area contributed by atoms with Crippen molar-refractivity contribution in [2.75, 3.05) is 19.8 Å². The van der Waals surface area contributed by atoms with E-state index in [0.29, 0.717) is 0 Å². The average molecular weight is 389 g/mol. The van der Waals surface area contributed by atoms with Crippen LogP contribution < -0.4 is 5.32 Å². The molecule has 0 unspecified atom stereocenters. The first kappa shape index (κ1) is 20.9. The number of ether oxygens (including phenoxy) is 3. The van der Waals surface area contributed by atoms with Gasteiger partial charge in [-0.15, -0.1) is 0 Å². The highest BCUT2D eigenvalue weighted by Crippen LogP contribution is 2.08. The van der Waals surface area contributed by atoms with Crippen LogP contribution in [0.4, 0.5) is 4.79 Å². The Morgan fingerprint density at radius 1 is 1.00 bits per heavy atom. The summed E-state index contributed by atoms with van der Waals surface area (Å²) in [5.74, 6) is -1.25. The normalized spacial score (nSPS) is 10.2. The summed E-state index contributed by atoms with van der Waals surface area (Å²) in [5.41, 5.74) is 0.967. The molecular formula is C19H23N3O6. The van der Waals surface area contributed by atoms with E-state index in [0.717, 1.165) is 5.56 Å². The summed E-state index contributed by atoms with van der Waals surface area (Å²) in [7, 11) is 0. The Hall–Kier alpha value is -3.36. The van der Waals surface area contributed by atoms with Crippen LogP contribution in [0.1, 0.15) is 40.4 Å². The number of amides is 1. The summed E-state index contributed by atoms with van der Waals surface area (Å²) in [6.07, 6.45) is -0.598. The number of benzene rings is 1. The lowest BCUT2D eigenvalue weighted by Crippen LogP contribution is -2.29. The van der Waals surface area contributed by atoms with Crippen molar-refractivity contribution in [1.82, 2.24) is 15.1 Å². The van der Waals surface area contributed by atoms with Gasteiger partial charge in [0.2, 0.25) is 0 Å². The topological polar surface area (TPSA) is 109 Å². The van der Waals surface area contributed by atoms with Crippen LogP contribution in [0.25, 0.3) is 0 Å². The van der Waals surface area contributed by atoms with Crippen molar-refractivity contribution in [1.29, 1.82) is 0 Å². The van der Waals surface area contributed by atoms with Gasteiger partial charge in [-0.05, 0) is 19.4 Å². The Labute approximate surface area is 162 Å². The van der Waals surface area contributed by atoms with Crippen LogP contribution in [0.3, 0.4) is 0 Å². The van der Waals surface area contributed by atoms with E-state index < -0.39 is 18.0 Å². The Balaban J connectivity index is 1.93. The maximum absolute atomic E-state index is 12.1. The number of carbonyl (C=O) groups is 3. The van der Waals surface area contributed by atoms with E-state index in [1.165, 1.54) is 10.7 Å². The maximum Gasteiger partial charge on any atom is 0.407 e. The van der Waals surface area contributed by atoms with Gasteiger partial charge in [-0.2, -0.15) is 5.10 Å². The zero-order valence-electron chi connectivity index (χ0n) is 15.8. The maximum atomic E-state index is 12.1. The molecule has 1 heterocycles. The summed E-state index contributed by atoms with van der Waals surface area (Å²) >= 11 is 0. The van der Waals surface area contributed by atoms with Gasteiger partial charge in [0.05, 0.1) is 19.8 Å². The van der Waals surface area contributed by atoms with Gasteiger partial charge in [0.25, 0.3) is 0 Å². The molecule has 0 spiro atoms. The smallest absolute Gasteiger partial charge is 0.407 e. The number of nitrogens with zero attached hydrogens (tertiary/aromatic N) is 2. The second-order valence-corrected chi connectivity index (χ2v) is 5.57. The molecule has 0 saturated carbocycles. The number of rotatable bonds is 9. The zero-order valence-corrected chi connectivity index (χ0v) is 15.8. The molecule has 0 atom stereocenters. The molecule has 0 aliphatic rings. The quantitative estimate of drug-likeness (QED) is 0.517. The number of aromatic nitrogens is 2. The molecule has 0 fully saturated rings. The number of esters is 2. The highest BCUT2D eigenvalue weighted by molar-refractivity contribution is 5.93. The van der Waals surface area contributed by atoms with Crippen molar-refractivity contribution in [3.63, 3.8) is 0 Å². The third-order valence-electron chi connectivity index (χ3n) is 3.55. The first-order valence-electron chi connectivity index (χ1n) is 8.91. The third kappa shape index (κ3) is 6.11. The number of hydrogen-bond donors (Lipinski definition) is 1. The van der Waals surface area contributed by atoms with Crippen molar-refractivity contribution in [2.24, 2.45) is 0 Å². The number of carbonyl (C=O) groups excluding carboxylic acids is 3. The van der Waals surface area contributed by atoms with Crippen molar-refractivity contribution in [2.45, 2.75) is 27.0 Å². The van der Waals surface area contributed by atoms with E-state index in [2.05, 4.69) is 10.4 Å². The third-order valence-corrected chi connectivity index (χ3v) is 3.55. The summed E-state index contributed by atoms with van der Waals surface area (Å²) in [6, 6.07) is 10.6. The molecule has 9 heteroatoms. The number of hydrogen-bond acceptors (Lipinski definition) is 7. The van der Waals surface area contributed by atoms with Gasteiger partial charge in [0.1, 0.15) is 12.3 Å². The molecule has 1 N–H and O–H groups in total. The number of alkyl carbamates (subject to hydrolysis) is 1. The minimum atomic E-state index is -0.637. The molecule has 9 nitrogen and oxygen atoms in total. The predicted octanol–water partition coefficient (Wildman–Crippen LogP) is 2.16. The second kappa shape index (κ2) is 10.7. The lowest BCUT2D eigenvalue weighted by Gasteiger charge is -2.09. The van der Waals surface area contributed by atoms with Crippen molar-refractivity contribution >= 4 is 18.0 Å². The van der Waals surface area contributed by atoms with E-state index >= 15 is 0 Å². The van der Waals surface area contributed by atoms with Crippen molar-refractivity contribution in [3.05, 3.63) is 53.3 Å². The van der Waals surface area contributed by atoms with E-state index in [-0.39, 0.29) is 44.3 Å². The fourth-order valence-corrected chi connectivity index (χ4v) is 2.30. The highest BCUT2D eigenvalue weighted by Gasteiger charge is 2.21. The van der Waals surface area contributed by atoms with Gasteiger partial charge in [0, 0.05) is 12.6 Å². The fraction of sp³-hybridized carbons (Fsp3) is 0.368. The van der Waals surface area contributed by atoms with Gasteiger partial charge >= 0.3 is 18.0 Å². The molecule has 1 amide bonds. The van der Waals surface area contributed by atoms with E-state index in [1.54, 1.807) is 13.8 Å². The van der Waals surface area contributed by atoms with Crippen molar-refractivity contribution < 1.29 is 28.6 Å². The summed E-state index contributed by atoms with van der Waals surface area (Å²) in [4.78, 5) is 35.7. The lowest BCUT2D eigenvalue weighted by atomic mass is 10.2. The average Bonchev–Trinajstić information content (AvgIpc) is 3.12. The molecule has 1 aromatic heterocycles. The standard InChI is InChI=1S/C19H23N3O6/c1-3-26-17(23)15-12-16(18(24)27-4-2)22(21-15)11-10-20-19(25)28-13-14-8-6-5-7-9-14/h5-9,12H,3-4,10-11,13H2,1-2H3,(H,20,25). The molecule has 150 valence electrons. The van der Waals surface area contributed by atoms with Crippen LogP contribution >= 0.6 is 0 Å². The summed E-state index contributed by atoms with van der Waals surface area (Å²) in [5, 5.41) is 6.64. The fourth-order valence-electron chi connectivity index (χ4n) is 2.30. The summed E-state index contributed by atoms with van der Waals surface area (Å²) < 4.78 is 16.3. The minimum absolute atomic E-state index is 0.00319. The SMILES string of the molecule is CCOC(=O)c1cc(C(=O)OCC)n(CCNC(=O)OCc2ccccc2)n1. The van der Waals surface area contributed by atoms with Gasteiger partial charge < -0.3 is 19.5 Å². The lowest BCUT2D eigenvalue weighted by molar-refractivity contribution is 0.0505. The first-order chi connectivity index (χ1) is 13.5. The van der Waals surface area contributed by atoms with Crippen LogP contribution in [0.5, 0.6) is 0 Å². The monoisotopic (exact) mass is 389 g/mol. The molecule has 1 aromatic carbocycles. The largest absolute Gasteiger partial charge is 0.461 e. The molecular weight excluding hydrogens is 366 g/mol. The number of nitrogens with one attached hydrogen (secondary N) is 1. The van der Waals surface area contributed by atoms with Crippen LogP contribution in [-0.2, 0) is 27.4 Å². The summed E-state index contributed by atoms with van der Waals surface area (Å²) in [6.45, 7) is 4.16. The van der Waals surface area contributed by atoms with Crippen molar-refractivity contribution in [3.8, 4) is 0 Å². The van der Waals surface area contributed by atoms with Crippen LogP contribution in [0.2, 0.25) is 0 Å². The Morgan fingerprint density at radius 3 is 2.36 bits per heavy atom.